The first-order valence-corrected chi connectivity index (χ1v) is 16.8. The van der Waals surface area contributed by atoms with Gasteiger partial charge in [0, 0.05) is 10.4 Å². The van der Waals surface area contributed by atoms with Gasteiger partial charge in [-0.2, -0.15) is 0 Å². The molecule has 0 aromatic rings. The molecule has 33 heavy (non-hydrogen) atoms. The minimum absolute atomic E-state index is 0.0573. The van der Waals surface area contributed by atoms with Gasteiger partial charge in [-0.25, -0.2) is 0 Å². The highest BCUT2D eigenvalue weighted by atomic mass is 32.1. The zero-order valence-corrected chi connectivity index (χ0v) is 24.1. The van der Waals surface area contributed by atoms with Crippen LogP contribution in [0.3, 0.4) is 0 Å². The Labute approximate surface area is 217 Å². The van der Waals surface area contributed by atoms with E-state index in [0.717, 1.165) is 23.5 Å². The van der Waals surface area contributed by atoms with Gasteiger partial charge in [-0.15, -0.1) is 12.6 Å². The smallest absolute Gasteiger partial charge is 0.324 e. The van der Waals surface area contributed by atoms with Gasteiger partial charge in [0.15, 0.2) is 0 Å². The third-order valence-electron chi connectivity index (χ3n) is 6.59. The van der Waals surface area contributed by atoms with Crippen LogP contribution < -0.4 is 0 Å². The lowest BCUT2D eigenvalue weighted by Crippen LogP contribution is -1.88. The zero-order valence-electron chi connectivity index (χ0n) is 21.5. The van der Waals surface area contributed by atoms with E-state index in [-0.39, 0.29) is 6.16 Å². The average Bonchev–Trinajstić information content (AvgIpc) is 2.75. The lowest BCUT2D eigenvalue weighted by atomic mass is 10.0. The van der Waals surface area contributed by atoms with E-state index in [0.29, 0.717) is 6.42 Å². The maximum atomic E-state index is 10.8. The molecule has 2 N–H and O–H groups in total. The summed E-state index contributed by atoms with van der Waals surface area (Å²) in [6.07, 6.45) is 32.7. The van der Waals surface area contributed by atoms with E-state index in [4.69, 9.17) is 22.0 Å². The van der Waals surface area contributed by atoms with E-state index >= 15 is 0 Å². The van der Waals surface area contributed by atoms with Gasteiger partial charge >= 0.3 is 7.60 Å². The van der Waals surface area contributed by atoms with E-state index in [1.54, 1.807) is 0 Å². The Morgan fingerprint density at radius 1 is 0.485 bits per heavy atom. The predicted molar refractivity (Wildman–Crippen MR) is 154 cm³/mol. The first-order valence-electron chi connectivity index (χ1n) is 14.2. The predicted octanol–water partition coefficient (Wildman–Crippen LogP) is 10.2. The number of thiocarbonyl (C=S) groups is 1. The van der Waals surface area contributed by atoms with Gasteiger partial charge in [0.25, 0.3) is 0 Å². The summed E-state index contributed by atoms with van der Waals surface area (Å²) >= 11 is 9.16. The summed E-state index contributed by atoms with van der Waals surface area (Å²) in [5, 5.41) is 0. The fourth-order valence-electron chi connectivity index (χ4n) is 4.48. The molecule has 0 atom stereocenters. The molecule has 0 aliphatic heterocycles. The van der Waals surface area contributed by atoms with Gasteiger partial charge in [0.2, 0.25) is 0 Å². The van der Waals surface area contributed by atoms with Gasteiger partial charge in [0.1, 0.15) is 0 Å². The fraction of sp³-hybridized carbons (Fsp3) is 0.963. The molecular formula is C27H55O3PS2. The second kappa shape index (κ2) is 25.7. The molecule has 0 aromatic heterocycles. The van der Waals surface area contributed by atoms with Crippen LogP contribution in [-0.2, 0) is 4.57 Å². The second-order valence-electron chi connectivity index (χ2n) is 10.0. The summed E-state index contributed by atoms with van der Waals surface area (Å²) in [5.74, 6) is 0. The Balaban J connectivity index is 3.05. The molecule has 0 rings (SSSR count). The maximum Gasteiger partial charge on any atom is 0.325 e. The summed E-state index contributed by atoms with van der Waals surface area (Å²) in [4.78, 5) is 17.6. The Morgan fingerprint density at radius 2 is 0.697 bits per heavy atom. The molecule has 0 heterocycles. The molecular weight excluding hydrogens is 467 g/mol. The molecule has 198 valence electrons. The van der Waals surface area contributed by atoms with E-state index < -0.39 is 7.60 Å². The summed E-state index contributed by atoms with van der Waals surface area (Å²) in [6.45, 7) is 0. The standard InChI is InChI=1S/C27H55O3PS2/c28-31(29,30)26-24-22-20-18-16-14-12-10-8-6-4-2-1-3-5-7-9-11-13-15-17-19-21-23-25-27(32)33/h1-26H2,(H,32,33)(H2,28,29,30). The molecule has 6 heteroatoms. The highest BCUT2D eigenvalue weighted by Gasteiger charge is 2.10. The van der Waals surface area contributed by atoms with Gasteiger partial charge in [0.05, 0.1) is 0 Å². The summed E-state index contributed by atoms with van der Waals surface area (Å²) in [5.41, 5.74) is 0. The number of unbranched alkanes of at least 4 members (excludes halogenated alkanes) is 23. The highest BCUT2D eigenvalue weighted by Crippen LogP contribution is 2.35. The Bertz CT molecular complexity index is 468. The third-order valence-corrected chi connectivity index (χ3v) is 7.92. The molecule has 0 spiro atoms. The third kappa shape index (κ3) is 32.6. The van der Waals surface area contributed by atoms with Crippen LogP contribution in [0.2, 0.25) is 0 Å². The quantitative estimate of drug-likeness (QED) is 0.0434. The van der Waals surface area contributed by atoms with Crippen molar-refractivity contribution in [2.75, 3.05) is 6.16 Å². The minimum atomic E-state index is -3.77. The van der Waals surface area contributed by atoms with Crippen molar-refractivity contribution in [3.63, 3.8) is 0 Å². The van der Waals surface area contributed by atoms with Crippen molar-refractivity contribution < 1.29 is 14.4 Å². The van der Waals surface area contributed by atoms with Gasteiger partial charge in [-0.3, -0.25) is 4.57 Å². The largest absolute Gasteiger partial charge is 0.325 e. The minimum Gasteiger partial charge on any atom is -0.324 e. The molecule has 0 radical (unpaired) electrons. The Kier molecular flexibility index (Phi) is 26.1. The molecule has 0 unspecified atom stereocenters. The molecule has 0 aromatic carbocycles. The van der Waals surface area contributed by atoms with Gasteiger partial charge in [-0.05, 0) is 19.3 Å². The molecule has 0 aliphatic carbocycles. The lowest BCUT2D eigenvalue weighted by Gasteiger charge is -2.05. The summed E-state index contributed by atoms with van der Waals surface area (Å²) in [6, 6.07) is 0. The lowest BCUT2D eigenvalue weighted by molar-refractivity contribution is 0.370. The van der Waals surface area contributed by atoms with Crippen LogP contribution in [0.25, 0.3) is 0 Å². The molecule has 0 fully saturated rings. The average molecular weight is 523 g/mol. The van der Waals surface area contributed by atoms with E-state index in [1.807, 2.05) is 0 Å². The molecule has 0 aliphatic rings. The fourth-order valence-corrected chi connectivity index (χ4v) is 5.42. The first-order chi connectivity index (χ1) is 15.9. The second-order valence-corrected chi connectivity index (χ2v) is 13.1. The molecule has 0 amide bonds. The maximum absolute atomic E-state index is 10.8. The Hall–Kier alpha value is 0.590. The van der Waals surface area contributed by atoms with Crippen LogP contribution in [0.1, 0.15) is 161 Å². The van der Waals surface area contributed by atoms with Crippen molar-refractivity contribution >= 4 is 36.6 Å². The van der Waals surface area contributed by atoms with Crippen molar-refractivity contribution in [3.05, 3.63) is 0 Å². The zero-order chi connectivity index (χ0) is 24.5. The monoisotopic (exact) mass is 522 g/mol. The van der Waals surface area contributed by atoms with Gasteiger partial charge < -0.3 is 9.79 Å². The number of hydrogen-bond acceptors (Lipinski definition) is 2. The molecule has 3 nitrogen and oxygen atoms in total. The van der Waals surface area contributed by atoms with Crippen LogP contribution in [0.15, 0.2) is 0 Å². The SMILES string of the molecule is O=P(O)(O)CCCCCCCCCCCCCCCCCCCCCCCCCCC(=S)S. The molecule has 0 bridgehead atoms. The van der Waals surface area contributed by atoms with Crippen molar-refractivity contribution in [1.29, 1.82) is 0 Å². The van der Waals surface area contributed by atoms with E-state index in [2.05, 4.69) is 12.6 Å². The Morgan fingerprint density at radius 3 is 0.909 bits per heavy atom. The molecule has 0 saturated carbocycles. The number of rotatable bonds is 27. The van der Waals surface area contributed by atoms with E-state index in [9.17, 15) is 4.57 Å². The van der Waals surface area contributed by atoms with Crippen LogP contribution in [0, 0.1) is 0 Å². The normalized spacial score (nSPS) is 11.8. The topological polar surface area (TPSA) is 57.5 Å². The van der Waals surface area contributed by atoms with Crippen LogP contribution >= 0.6 is 32.4 Å². The van der Waals surface area contributed by atoms with Crippen molar-refractivity contribution in [1.82, 2.24) is 0 Å². The summed E-state index contributed by atoms with van der Waals surface area (Å²) in [7, 11) is -3.77. The van der Waals surface area contributed by atoms with E-state index in [1.165, 1.54) is 135 Å². The first kappa shape index (κ1) is 33.6. The van der Waals surface area contributed by atoms with Crippen molar-refractivity contribution in [2.24, 2.45) is 0 Å². The van der Waals surface area contributed by atoms with Crippen molar-refractivity contribution in [2.45, 2.75) is 161 Å². The van der Waals surface area contributed by atoms with Crippen LogP contribution in [0.5, 0.6) is 0 Å². The molecule has 0 saturated heterocycles. The summed E-state index contributed by atoms with van der Waals surface area (Å²) < 4.78 is 11.6. The highest BCUT2D eigenvalue weighted by molar-refractivity contribution is 8.11. The van der Waals surface area contributed by atoms with Crippen LogP contribution in [0.4, 0.5) is 0 Å². The van der Waals surface area contributed by atoms with Gasteiger partial charge in [-0.1, -0.05) is 153 Å². The number of thiol groups is 1. The van der Waals surface area contributed by atoms with Crippen LogP contribution in [-0.4, -0.2) is 20.1 Å². The number of hydrogen-bond donors (Lipinski definition) is 3. The van der Waals surface area contributed by atoms with Crippen molar-refractivity contribution in [3.8, 4) is 0 Å².